The number of nitriles is 1. The van der Waals surface area contributed by atoms with Gasteiger partial charge >= 0.3 is 12.4 Å². The molecule has 2 rings (SSSR count). The van der Waals surface area contributed by atoms with Gasteiger partial charge in [0.25, 0.3) is 0 Å². The van der Waals surface area contributed by atoms with Crippen LogP contribution in [-0.2, 0) is 11.0 Å². The zero-order chi connectivity index (χ0) is 23.2. The van der Waals surface area contributed by atoms with Crippen molar-refractivity contribution in [2.45, 2.75) is 24.2 Å². The first-order chi connectivity index (χ1) is 14.4. The van der Waals surface area contributed by atoms with Crippen molar-refractivity contribution < 1.29 is 31.1 Å². The van der Waals surface area contributed by atoms with Gasteiger partial charge in [-0.15, -0.1) is 11.8 Å². The Kier molecular flexibility index (Phi) is 7.84. The Morgan fingerprint density at radius 2 is 1.74 bits per heavy atom. The number of nitrogens with one attached hydrogen (secondary N) is 1. The van der Waals surface area contributed by atoms with Crippen LogP contribution in [0, 0.1) is 11.3 Å². The highest BCUT2D eigenvalue weighted by Crippen LogP contribution is 2.35. The zero-order valence-corrected chi connectivity index (χ0v) is 17.0. The summed E-state index contributed by atoms with van der Waals surface area (Å²) in [5.41, 5.74) is -1.64. The van der Waals surface area contributed by atoms with E-state index in [1.807, 2.05) is 0 Å². The Bertz CT molecular complexity index is 951. The first kappa shape index (κ1) is 24.4. The Morgan fingerprint density at radius 1 is 1.10 bits per heavy atom. The number of anilines is 2. The normalized spacial score (nSPS) is 11.7. The van der Waals surface area contributed by atoms with Gasteiger partial charge in [-0.05, 0) is 42.5 Å². The molecule has 0 bridgehead atoms. The average molecular weight is 461 g/mol. The van der Waals surface area contributed by atoms with Crippen molar-refractivity contribution in [2.24, 2.45) is 0 Å². The van der Waals surface area contributed by atoms with E-state index in [1.54, 1.807) is 24.3 Å². The van der Waals surface area contributed by atoms with Crippen molar-refractivity contribution in [3.63, 3.8) is 0 Å². The fraction of sp³-hybridized carbons (Fsp3) is 0.300. The summed E-state index contributed by atoms with van der Waals surface area (Å²) in [6, 6.07) is 10.5. The molecule has 0 radical (unpaired) electrons. The molecule has 0 spiro atoms. The quantitative estimate of drug-likeness (QED) is 0.425. The summed E-state index contributed by atoms with van der Waals surface area (Å²) in [7, 11) is 0. The van der Waals surface area contributed by atoms with E-state index in [9.17, 15) is 31.1 Å². The highest BCUT2D eigenvalue weighted by molar-refractivity contribution is 7.99. The van der Waals surface area contributed by atoms with Crippen LogP contribution in [0.25, 0.3) is 0 Å². The predicted molar refractivity (Wildman–Crippen MR) is 106 cm³/mol. The molecule has 1 amide bonds. The van der Waals surface area contributed by atoms with E-state index in [-0.39, 0.29) is 23.9 Å². The van der Waals surface area contributed by atoms with E-state index < -0.39 is 30.0 Å². The second kappa shape index (κ2) is 9.96. The molecule has 0 saturated heterocycles. The number of carbonyl (C=O) groups excluding carboxylic acids is 1. The summed E-state index contributed by atoms with van der Waals surface area (Å²) in [5.74, 6) is -0.0828. The number of amides is 1. The summed E-state index contributed by atoms with van der Waals surface area (Å²) in [5, 5.41) is 11.4. The van der Waals surface area contributed by atoms with Crippen LogP contribution >= 0.6 is 11.8 Å². The molecule has 0 unspecified atom stereocenters. The molecule has 0 saturated carbocycles. The van der Waals surface area contributed by atoms with E-state index in [0.29, 0.717) is 11.8 Å². The molecule has 0 aromatic heterocycles. The minimum Gasteiger partial charge on any atom is -0.362 e. The van der Waals surface area contributed by atoms with Crippen LogP contribution in [0.15, 0.2) is 47.4 Å². The first-order valence-corrected chi connectivity index (χ1v) is 9.81. The standard InChI is InChI=1S/C20H17F6N3OS/c1-13(30)28-15-3-6-17(7-4-15)31-9-8-29(12-19(21,22)23)16-5-2-14(11-27)18(10-16)20(24,25)26/h2-7,10H,8-9,12H2,1H3,(H,28,30). The Morgan fingerprint density at radius 3 is 2.26 bits per heavy atom. The number of carbonyl (C=O) groups is 1. The second-order valence-corrected chi connectivity index (χ2v) is 7.60. The third-order valence-electron chi connectivity index (χ3n) is 3.97. The number of hydrogen-bond acceptors (Lipinski definition) is 4. The topological polar surface area (TPSA) is 56.1 Å². The molecular weight excluding hydrogens is 444 g/mol. The zero-order valence-electron chi connectivity index (χ0n) is 16.1. The lowest BCUT2D eigenvalue weighted by molar-refractivity contribution is -0.137. The van der Waals surface area contributed by atoms with Crippen molar-refractivity contribution >= 4 is 29.0 Å². The summed E-state index contributed by atoms with van der Waals surface area (Å²) < 4.78 is 78.6. The van der Waals surface area contributed by atoms with Crippen LogP contribution in [0.2, 0.25) is 0 Å². The first-order valence-electron chi connectivity index (χ1n) is 8.82. The molecule has 0 aliphatic carbocycles. The van der Waals surface area contributed by atoms with Gasteiger partial charge in [-0.25, -0.2) is 0 Å². The van der Waals surface area contributed by atoms with Gasteiger partial charge in [0.1, 0.15) is 6.54 Å². The van der Waals surface area contributed by atoms with Crippen LogP contribution in [0.5, 0.6) is 0 Å². The van der Waals surface area contributed by atoms with Crippen molar-refractivity contribution in [3.8, 4) is 6.07 Å². The van der Waals surface area contributed by atoms with Crippen LogP contribution < -0.4 is 10.2 Å². The van der Waals surface area contributed by atoms with Crippen molar-refractivity contribution in [1.82, 2.24) is 0 Å². The third-order valence-corrected chi connectivity index (χ3v) is 4.96. The summed E-state index contributed by atoms with van der Waals surface area (Å²) in [4.78, 5) is 12.5. The predicted octanol–water partition coefficient (Wildman–Crippen LogP) is 5.70. The molecule has 31 heavy (non-hydrogen) atoms. The monoisotopic (exact) mass is 461 g/mol. The van der Waals surface area contributed by atoms with E-state index in [4.69, 9.17) is 5.26 Å². The maximum atomic E-state index is 13.2. The number of alkyl halides is 6. The largest absolute Gasteiger partial charge is 0.417 e. The van der Waals surface area contributed by atoms with Crippen molar-refractivity contribution in [3.05, 3.63) is 53.6 Å². The van der Waals surface area contributed by atoms with Gasteiger partial charge in [0.2, 0.25) is 5.91 Å². The van der Waals surface area contributed by atoms with Gasteiger partial charge < -0.3 is 10.2 Å². The maximum Gasteiger partial charge on any atom is 0.417 e. The lowest BCUT2D eigenvalue weighted by Crippen LogP contribution is -2.36. The number of hydrogen-bond donors (Lipinski definition) is 1. The lowest BCUT2D eigenvalue weighted by Gasteiger charge is -2.27. The highest BCUT2D eigenvalue weighted by Gasteiger charge is 2.36. The van der Waals surface area contributed by atoms with Gasteiger partial charge in [-0.3, -0.25) is 4.79 Å². The molecule has 0 heterocycles. The van der Waals surface area contributed by atoms with E-state index in [2.05, 4.69) is 5.32 Å². The van der Waals surface area contributed by atoms with Gasteiger partial charge in [-0.2, -0.15) is 31.6 Å². The van der Waals surface area contributed by atoms with Gasteiger partial charge in [0.15, 0.2) is 0 Å². The molecule has 0 aliphatic rings. The highest BCUT2D eigenvalue weighted by atomic mass is 32.2. The smallest absolute Gasteiger partial charge is 0.362 e. The lowest BCUT2D eigenvalue weighted by atomic mass is 10.1. The SMILES string of the molecule is CC(=O)Nc1ccc(SCCN(CC(F)(F)F)c2ccc(C#N)c(C(F)(F)F)c2)cc1. The van der Waals surface area contributed by atoms with Crippen molar-refractivity contribution in [1.29, 1.82) is 5.26 Å². The van der Waals surface area contributed by atoms with Crippen LogP contribution in [0.3, 0.4) is 0 Å². The van der Waals surface area contributed by atoms with Crippen molar-refractivity contribution in [2.75, 3.05) is 29.1 Å². The average Bonchev–Trinajstić information content (AvgIpc) is 2.66. The Labute approximate surface area is 178 Å². The second-order valence-electron chi connectivity index (χ2n) is 6.43. The number of halogens is 6. The molecule has 0 aliphatic heterocycles. The number of rotatable bonds is 7. The van der Waals surface area contributed by atoms with Crippen LogP contribution in [0.4, 0.5) is 37.7 Å². The Hall–Kier alpha value is -2.87. The summed E-state index contributed by atoms with van der Waals surface area (Å²) in [6.07, 6.45) is -9.49. The fourth-order valence-electron chi connectivity index (χ4n) is 2.69. The molecule has 0 atom stereocenters. The molecule has 2 aromatic carbocycles. The molecule has 2 aromatic rings. The van der Waals surface area contributed by atoms with Crippen LogP contribution in [0.1, 0.15) is 18.1 Å². The minimum atomic E-state index is -4.87. The van der Waals surface area contributed by atoms with Gasteiger partial charge in [-0.1, -0.05) is 0 Å². The molecular formula is C20H17F6N3OS. The Balaban J connectivity index is 2.16. The van der Waals surface area contributed by atoms with Crippen LogP contribution in [-0.4, -0.2) is 30.9 Å². The molecule has 0 fully saturated rings. The summed E-state index contributed by atoms with van der Waals surface area (Å²) >= 11 is 1.22. The number of benzene rings is 2. The number of thioether (sulfide) groups is 1. The minimum absolute atomic E-state index is 0.164. The third kappa shape index (κ3) is 7.71. The fourth-order valence-corrected chi connectivity index (χ4v) is 3.56. The number of nitrogens with zero attached hydrogens (tertiary/aromatic N) is 2. The van der Waals surface area contributed by atoms with Gasteiger partial charge in [0, 0.05) is 35.5 Å². The molecule has 1 N–H and O–H groups in total. The maximum absolute atomic E-state index is 13.2. The van der Waals surface area contributed by atoms with Gasteiger partial charge in [0.05, 0.1) is 17.2 Å². The van der Waals surface area contributed by atoms with E-state index in [1.165, 1.54) is 24.8 Å². The van der Waals surface area contributed by atoms with E-state index in [0.717, 1.165) is 21.9 Å². The molecule has 4 nitrogen and oxygen atoms in total. The molecule has 166 valence electrons. The van der Waals surface area contributed by atoms with E-state index >= 15 is 0 Å². The summed E-state index contributed by atoms with van der Waals surface area (Å²) in [6.45, 7) is -0.260. The molecule has 11 heteroatoms.